The summed E-state index contributed by atoms with van der Waals surface area (Å²) in [6, 6.07) is 15.6. The lowest BCUT2D eigenvalue weighted by molar-refractivity contribution is 0.0951. The molecule has 1 aliphatic carbocycles. The van der Waals surface area contributed by atoms with E-state index in [0.717, 1.165) is 50.0 Å². The van der Waals surface area contributed by atoms with E-state index in [1.165, 1.54) is 25.7 Å². The van der Waals surface area contributed by atoms with Crippen molar-refractivity contribution >= 4 is 23.3 Å². The molecule has 2 fully saturated rings. The summed E-state index contributed by atoms with van der Waals surface area (Å²) >= 11 is 0. The van der Waals surface area contributed by atoms with E-state index in [-0.39, 0.29) is 18.0 Å². The van der Waals surface area contributed by atoms with Crippen LogP contribution in [0, 0.1) is 0 Å². The molecule has 0 radical (unpaired) electrons. The predicted octanol–water partition coefficient (Wildman–Crippen LogP) is 5.06. The number of nitrogens with one attached hydrogen (secondary N) is 3. The van der Waals surface area contributed by atoms with E-state index in [2.05, 4.69) is 20.9 Å². The Balaban J connectivity index is 1.48. The average Bonchev–Trinajstić information content (AvgIpc) is 2.84. The van der Waals surface area contributed by atoms with E-state index >= 15 is 0 Å². The third-order valence-corrected chi connectivity index (χ3v) is 6.43. The number of carbonyl (C=O) groups excluding carboxylic acids is 2. The van der Waals surface area contributed by atoms with Gasteiger partial charge in [-0.2, -0.15) is 0 Å². The van der Waals surface area contributed by atoms with Gasteiger partial charge in [0.25, 0.3) is 5.91 Å². The van der Waals surface area contributed by atoms with Crippen LogP contribution in [-0.2, 0) is 6.54 Å². The third-order valence-electron chi connectivity index (χ3n) is 6.43. The molecular formula is C26H34N4O2. The van der Waals surface area contributed by atoms with E-state index < -0.39 is 0 Å². The van der Waals surface area contributed by atoms with Crippen molar-refractivity contribution in [1.82, 2.24) is 10.6 Å². The lowest BCUT2D eigenvalue weighted by Crippen LogP contribution is -2.39. The maximum absolute atomic E-state index is 13.2. The predicted molar refractivity (Wildman–Crippen MR) is 129 cm³/mol. The van der Waals surface area contributed by atoms with Crippen molar-refractivity contribution in [2.75, 3.05) is 23.3 Å². The number of piperidine rings is 1. The summed E-state index contributed by atoms with van der Waals surface area (Å²) < 4.78 is 0. The van der Waals surface area contributed by atoms with E-state index in [1.807, 2.05) is 48.5 Å². The van der Waals surface area contributed by atoms with Gasteiger partial charge in [0.15, 0.2) is 0 Å². The van der Waals surface area contributed by atoms with Crippen LogP contribution in [-0.4, -0.2) is 31.1 Å². The van der Waals surface area contributed by atoms with Crippen molar-refractivity contribution < 1.29 is 9.59 Å². The molecule has 0 bridgehead atoms. The normalized spacial score (nSPS) is 16.9. The number of benzene rings is 2. The summed E-state index contributed by atoms with van der Waals surface area (Å²) in [4.78, 5) is 28.0. The van der Waals surface area contributed by atoms with Gasteiger partial charge in [-0.1, -0.05) is 49.6 Å². The van der Waals surface area contributed by atoms with Gasteiger partial charge in [-0.3, -0.25) is 4.79 Å². The molecule has 1 saturated carbocycles. The fourth-order valence-electron chi connectivity index (χ4n) is 4.68. The minimum atomic E-state index is -0.196. The molecule has 1 saturated heterocycles. The van der Waals surface area contributed by atoms with Crippen molar-refractivity contribution in [2.24, 2.45) is 0 Å². The monoisotopic (exact) mass is 434 g/mol. The molecule has 32 heavy (non-hydrogen) atoms. The Labute approximate surface area is 190 Å². The van der Waals surface area contributed by atoms with Crippen molar-refractivity contribution in [2.45, 2.75) is 64.0 Å². The lowest BCUT2D eigenvalue weighted by Gasteiger charge is -2.30. The Morgan fingerprint density at radius 1 is 0.875 bits per heavy atom. The van der Waals surface area contributed by atoms with Gasteiger partial charge in [0, 0.05) is 37.1 Å². The first-order valence-corrected chi connectivity index (χ1v) is 12.0. The second-order valence-electron chi connectivity index (χ2n) is 8.88. The molecule has 6 nitrogen and oxygen atoms in total. The topological polar surface area (TPSA) is 73.5 Å². The number of carbonyl (C=O) groups is 2. The van der Waals surface area contributed by atoms with Crippen LogP contribution >= 0.6 is 0 Å². The third kappa shape index (κ3) is 6.02. The molecular weight excluding hydrogens is 400 g/mol. The summed E-state index contributed by atoms with van der Waals surface area (Å²) in [5, 5.41) is 9.07. The van der Waals surface area contributed by atoms with Crippen LogP contribution < -0.4 is 20.9 Å². The van der Waals surface area contributed by atoms with Crippen molar-refractivity contribution in [3.05, 3.63) is 59.7 Å². The molecule has 170 valence electrons. The molecule has 0 unspecified atom stereocenters. The van der Waals surface area contributed by atoms with Crippen LogP contribution in [0.25, 0.3) is 0 Å². The van der Waals surface area contributed by atoms with E-state index in [0.29, 0.717) is 17.8 Å². The standard InChI is InChI=1S/C26H34N4O2/c31-25(27-19-20-10-4-1-5-11-20)23-18-22(14-15-24(23)30-16-8-3-9-17-30)29-26(32)28-21-12-6-2-7-13-21/h1,4-5,10-11,14-15,18,21H,2-3,6-9,12-13,16-17,19H2,(H,27,31)(H2,28,29,32). The lowest BCUT2D eigenvalue weighted by atomic mass is 9.96. The van der Waals surface area contributed by atoms with Gasteiger partial charge in [0.1, 0.15) is 0 Å². The molecule has 1 heterocycles. The first kappa shape index (κ1) is 22.2. The Kier molecular flexibility index (Phi) is 7.64. The van der Waals surface area contributed by atoms with E-state index in [4.69, 9.17) is 0 Å². The van der Waals surface area contributed by atoms with Crippen LogP contribution in [0.15, 0.2) is 48.5 Å². The second-order valence-corrected chi connectivity index (χ2v) is 8.88. The average molecular weight is 435 g/mol. The van der Waals surface area contributed by atoms with Gasteiger partial charge < -0.3 is 20.9 Å². The van der Waals surface area contributed by atoms with Crippen LogP contribution in [0.2, 0.25) is 0 Å². The van der Waals surface area contributed by atoms with Gasteiger partial charge >= 0.3 is 6.03 Å². The summed E-state index contributed by atoms with van der Waals surface area (Å²) in [7, 11) is 0. The van der Waals surface area contributed by atoms with E-state index in [9.17, 15) is 9.59 Å². The van der Waals surface area contributed by atoms with Crippen LogP contribution in [0.3, 0.4) is 0 Å². The maximum Gasteiger partial charge on any atom is 0.319 e. The Morgan fingerprint density at radius 2 is 1.59 bits per heavy atom. The van der Waals surface area contributed by atoms with Gasteiger partial charge in [0.05, 0.1) is 5.56 Å². The second kappa shape index (κ2) is 11.0. The highest BCUT2D eigenvalue weighted by Gasteiger charge is 2.20. The minimum absolute atomic E-state index is 0.120. The summed E-state index contributed by atoms with van der Waals surface area (Å²) in [5.74, 6) is -0.120. The number of hydrogen-bond acceptors (Lipinski definition) is 3. The molecule has 0 aromatic heterocycles. The number of urea groups is 1. The number of hydrogen-bond donors (Lipinski definition) is 3. The summed E-state index contributed by atoms with van der Waals surface area (Å²) in [5.41, 5.74) is 3.25. The largest absolute Gasteiger partial charge is 0.371 e. The first-order valence-electron chi connectivity index (χ1n) is 12.0. The zero-order valence-electron chi connectivity index (χ0n) is 18.7. The maximum atomic E-state index is 13.2. The van der Waals surface area contributed by atoms with Gasteiger partial charge in [-0.25, -0.2) is 4.79 Å². The molecule has 0 spiro atoms. The molecule has 4 rings (SSSR count). The number of nitrogens with zero attached hydrogens (tertiary/aromatic N) is 1. The highest BCUT2D eigenvalue weighted by molar-refractivity contribution is 6.02. The van der Waals surface area contributed by atoms with Crippen molar-refractivity contribution in [1.29, 1.82) is 0 Å². The van der Waals surface area contributed by atoms with Crippen LogP contribution in [0.1, 0.15) is 67.3 Å². The molecule has 3 amide bonds. The van der Waals surface area contributed by atoms with Crippen LogP contribution in [0.5, 0.6) is 0 Å². The SMILES string of the molecule is O=C(Nc1ccc(N2CCCCC2)c(C(=O)NCc2ccccc2)c1)NC1CCCCC1. The highest BCUT2D eigenvalue weighted by Crippen LogP contribution is 2.27. The number of anilines is 2. The molecule has 1 aliphatic heterocycles. The first-order chi connectivity index (χ1) is 15.7. The summed E-state index contributed by atoms with van der Waals surface area (Å²) in [6.45, 7) is 2.38. The van der Waals surface area contributed by atoms with Gasteiger partial charge in [-0.15, -0.1) is 0 Å². The van der Waals surface area contributed by atoms with Gasteiger partial charge in [0.2, 0.25) is 0 Å². The zero-order chi connectivity index (χ0) is 22.2. The molecule has 2 aromatic carbocycles. The molecule has 2 aromatic rings. The molecule has 2 aliphatic rings. The minimum Gasteiger partial charge on any atom is -0.371 e. The van der Waals surface area contributed by atoms with Gasteiger partial charge in [-0.05, 0) is 55.9 Å². The Morgan fingerprint density at radius 3 is 2.34 bits per heavy atom. The van der Waals surface area contributed by atoms with Crippen LogP contribution in [0.4, 0.5) is 16.2 Å². The van der Waals surface area contributed by atoms with E-state index in [1.54, 1.807) is 0 Å². The van der Waals surface area contributed by atoms with Crippen molar-refractivity contribution in [3.63, 3.8) is 0 Å². The summed E-state index contributed by atoms with van der Waals surface area (Å²) in [6.07, 6.45) is 9.15. The highest BCUT2D eigenvalue weighted by atomic mass is 16.2. The number of rotatable bonds is 6. The number of amides is 3. The quantitative estimate of drug-likeness (QED) is 0.595. The molecule has 3 N–H and O–H groups in total. The molecule has 0 atom stereocenters. The Bertz CT molecular complexity index is 903. The smallest absolute Gasteiger partial charge is 0.319 e. The van der Waals surface area contributed by atoms with Crippen molar-refractivity contribution in [3.8, 4) is 0 Å². The zero-order valence-corrected chi connectivity index (χ0v) is 18.7. The fraction of sp³-hybridized carbons (Fsp3) is 0.462. The Hall–Kier alpha value is -3.02. The fourth-order valence-corrected chi connectivity index (χ4v) is 4.68. The molecule has 6 heteroatoms.